The van der Waals surface area contributed by atoms with Crippen molar-refractivity contribution in [1.29, 1.82) is 0 Å². The molecule has 0 aliphatic carbocycles. The molecular weight excluding hydrogens is 255 g/mol. The molecule has 18 heavy (non-hydrogen) atoms. The average Bonchev–Trinajstić information content (AvgIpc) is 2.25. The molecular formula is C12H23O5P. The van der Waals surface area contributed by atoms with Gasteiger partial charge in [-0.1, -0.05) is 0 Å². The summed E-state index contributed by atoms with van der Waals surface area (Å²) < 4.78 is 21.4. The van der Waals surface area contributed by atoms with Crippen LogP contribution in [0.25, 0.3) is 0 Å². The Bertz CT molecular complexity index is 333. The van der Waals surface area contributed by atoms with Gasteiger partial charge in [-0.25, -0.2) is 0 Å². The molecule has 2 unspecified atom stereocenters. The lowest BCUT2D eigenvalue weighted by molar-refractivity contribution is -0.128. The van der Waals surface area contributed by atoms with Crippen LogP contribution in [0.2, 0.25) is 0 Å². The Labute approximate surface area is 109 Å². The third-order valence-electron chi connectivity index (χ3n) is 2.52. The van der Waals surface area contributed by atoms with Gasteiger partial charge < -0.3 is 9.26 Å². The molecule has 0 aliphatic rings. The predicted molar refractivity (Wildman–Crippen MR) is 70.3 cm³/mol. The first kappa shape index (κ1) is 17.5. The number of carbonyl (C=O) groups excluding carboxylic acids is 2. The van der Waals surface area contributed by atoms with Gasteiger partial charge in [-0.15, -0.1) is 0 Å². The van der Waals surface area contributed by atoms with Crippen LogP contribution in [-0.4, -0.2) is 44.2 Å². The van der Waals surface area contributed by atoms with E-state index in [1.165, 1.54) is 20.4 Å². The van der Waals surface area contributed by atoms with Crippen molar-refractivity contribution in [2.24, 2.45) is 0 Å². The minimum absolute atomic E-state index is 0.0180. The van der Waals surface area contributed by atoms with Crippen LogP contribution in [0.3, 0.4) is 0 Å². The number of hydrogen-bond acceptors (Lipinski definition) is 5. The fraction of sp³-hybridized carbons (Fsp3) is 0.833. The van der Waals surface area contributed by atoms with Gasteiger partial charge in [0.25, 0.3) is 0 Å². The number of Topliss-reactive ketones (excluding diaryl/α,β-unsaturated/α-hetero) is 2. The fourth-order valence-corrected chi connectivity index (χ4v) is 2.29. The van der Waals surface area contributed by atoms with Crippen LogP contribution in [0.15, 0.2) is 0 Å². The summed E-state index contributed by atoms with van der Waals surface area (Å²) in [7, 11) is -1.18. The summed E-state index contributed by atoms with van der Waals surface area (Å²) in [5.74, 6) is -0.146. The zero-order chi connectivity index (χ0) is 14.3. The summed E-state index contributed by atoms with van der Waals surface area (Å²) in [6.45, 7) is 6.21. The van der Waals surface area contributed by atoms with E-state index in [9.17, 15) is 14.2 Å². The van der Waals surface area contributed by atoms with E-state index in [2.05, 4.69) is 0 Å². The molecule has 6 heteroatoms. The van der Waals surface area contributed by atoms with Gasteiger partial charge in [-0.2, -0.15) is 0 Å². The van der Waals surface area contributed by atoms with Crippen molar-refractivity contribution in [3.8, 4) is 0 Å². The molecule has 0 N–H and O–H groups in total. The molecule has 0 rings (SSSR count). The number of carbonyl (C=O) groups is 2. The Morgan fingerprint density at radius 3 is 1.89 bits per heavy atom. The Balaban J connectivity index is 3.97. The minimum Gasteiger partial charge on any atom is -0.374 e. The number of ether oxygens (including phenoxy) is 1. The molecule has 0 bridgehead atoms. The summed E-state index contributed by atoms with van der Waals surface area (Å²) in [4.78, 5) is 23.1. The maximum absolute atomic E-state index is 11.7. The largest absolute Gasteiger partial charge is 0.374 e. The zero-order valence-corrected chi connectivity index (χ0v) is 12.7. The molecule has 0 aliphatic heterocycles. The van der Waals surface area contributed by atoms with Crippen LogP contribution in [0.5, 0.6) is 0 Å². The second kappa shape index (κ2) is 7.82. The van der Waals surface area contributed by atoms with Crippen molar-refractivity contribution in [1.82, 2.24) is 0 Å². The molecule has 0 spiro atoms. The van der Waals surface area contributed by atoms with Crippen LogP contribution in [0, 0.1) is 0 Å². The number of ketones is 2. The van der Waals surface area contributed by atoms with E-state index < -0.39 is 19.6 Å². The van der Waals surface area contributed by atoms with Gasteiger partial charge in [0.15, 0.2) is 18.9 Å². The molecule has 0 aromatic carbocycles. The second-order valence-corrected chi connectivity index (χ2v) is 7.38. The van der Waals surface area contributed by atoms with Gasteiger partial charge >= 0.3 is 0 Å². The van der Waals surface area contributed by atoms with Crippen molar-refractivity contribution in [3.63, 3.8) is 0 Å². The third kappa shape index (κ3) is 7.75. The zero-order valence-electron chi connectivity index (χ0n) is 11.8. The average molecular weight is 278 g/mol. The summed E-state index contributed by atoms with van der Waals surface area (Å²) in [6, 6.07) is 0. The first-order valence-corrected chi connectivity index (χ1v) is 8.51. The van der Waals surface area contributed by atoms with Crippen LogP contribution >= 0.6 is 7.37 Å². The van der Waals surface area contributed by atoms with Gasteiger partial charge in [-0.05, 0) is 20.3 Å². The van der Waals surface area contributed by atoms with Gasteiger partial charge in [-0.3, -0.25) is 14.2 Å². The standard InChI is InChI=1S/C12H23O5P/c1-9(16-3)11(13)7-6-8-12(14)10(2)17-18(4,5)15/h9-10H,6-8H2,1-5H3. The summed E-state index contributed by atoms with van der Waals surface area (Å²) in [5, 5.41) is 0. The highest BCUT2D eigenvalue weighted by molar-refractivity contribution is 7.57. The van der Waals surface area contributed by atoms with Crippen LogP contribution in [0.4, 0.5) is 0 Å². The lowest BCUT2D eigenvalue weighted by atomic mass is 10.1. The van der Waals surface area contributed by atoms with E-state index in [1.54, 1.807) is 13.8 Å². The topological polar surface area (TPSA) is 69.7 Å². The molecule has 0 fully saturated rings. The molecule has 5 nitrogen and oxygen atoms in total. The first-order chi connectivity index (χ1) is 8.17. The number of hydrogen-bond donors (Lipinski definition) is 0. The van der Waals surface area contributed by atoms with E-state index >= 15 is 0 Å². The maximum Gasteiger partial charge on any atom is 0.197 e. The minimum atomic E-state index is -2.66. The monoisotopic (exact) mass is 278 g/mol. The molecule has 0 radical (unpaired) electrons. The van der Waals surface area contributed by atoms with Crippen molar-refractivity contribution >= 4 is 18.9 Å². The van der Waals surface area contributed by atoms with Gasteiger partial charge in [0.05, 0.1) is 0 Å². The van der Waals surface area contributed by atoms with Crippen LogP contribution in [0.1, 0.15) is 33.1 Å². The Morgan fingerprint density at radius 1 is 1.06 bits per heavy atom. The van der Waals surface area contributed by atoms with Crippen molar-refractivity contribution in [2.45, 2.75) is 45.3 Å². The smallest absolute Gasteiger partial charge is 0.197 e. The molecule has 0 saturated heterocycles. The quantitative estimate of drug-likeness (QED) is 0.605. The van der Waals surface area contributed by atoms with Gasteiger partial charge in [0.1, 0.15) is 12.2 Å². The second-order valence-electron chi connectivity index (χ2n) is 4.66. The molecule has 0 aromatic heterocycles. The Kier molecular flexibility index (Phi) is 7.60. The number of methoxy groups -OCH3 is 1. The van der Waals surface area contributed by atoms with Crippen molar-refractivity contribution < 1.29 is 23.4 Å². The van der Waals surface area contributed by atoms with E-state index in [1.807, 2.05) is 0 Å². The highest BCUT2D eigenvalue weighted by Gasteiger charge is 2.20. The lowest BCUT2D eigenvalue weighted by Crippen LogP contribution is -2.21. The highest BCUT2D eigenvalue weighted by Crippen LogP contribution is 2.39. The summed E-state index contributed by atoms with van der Waals surface area (Å²) in [5.41, 5.74) is 0. The van der Waals surface area contributed by atoms with Crippen molar-refractivity contribution in [3.05, 3.63) is 0 Å². The normalized spacial score (nSPS) is 15.2. The molecule has 0 aromatic rings. The number of rotatable bonds is 9. The maximum atomic E-state index is 11.7. The molecule has 2 atom stereocenters. The van der Waals surface area contributed by atoms with Crippen molar-refractivity contribution in [2.75, 3.05) is 20.4 Å². The Morgan fingerprint density at radius 2 is 1.50 bits per heavy atom. The van der Waals surface area contributed by atoms with E-state index in [4.69, 9.17) is 9.26 Å². The van der Waals surface area contributed by atoms with Crippen LogP contribution in [-0.2, 0) is 23.4 Å². The van der Waals surface area contributed by atoms with E-state index in [0.717, 1.165) is 0 Å². The van der Waals surface area contributed by atoms with Gasteiger partial charge in [0.2, 0.25) is 0 Å². The fourth-order valence-electron chi connectivity index (χ4n) is 1.41. The van der Waals surface area contributed by atoms with Gasteiger partial charge in [0, 0.05) is 33.3 Å². The molecule has 106 valence electrons. The Hall–Kier alpha value is -0.510. The van der Waals surface area contributed by atoms with E-state index in [-0.39, 0.29) is 18.0 Å². The summed E-state index contributed by atoms with van der Waals surface area (Å²) >= 11 is 0. The molecule has 0 heterocycles. The third-order valence-corrected chi connectivity index (χ3v) is 3.34. The lowest BCUT2D eigenvalue weighted by Gasteiger charge is -2.15. The van der Waals surface area contributed by atoms with E-state index in [0.29, 0.717) is 12.8 Å². The molecule has 0 amide bonds. The van der Waals surface area contributed by atoms with Crippen LogP contribution < -0.4 is 0 Å². The summed E-state index contributed by atoms with van der Waals surface area (Å²) in [6.07, 6.45) is -0.0789. The highest BCUT2D eigenvalue weighted by atomic mass is 31.2. The predicted octanol–water partition coefficient (Wildman–Crippen LogP) is 2.27. The first-order valence-electron chi connectivity index (χ1n) is 5.99. The molecule has 0 saturated carbocycles. The SMILES string of the molecule is COC(C)C(=O)CCCC(=O)C(C)OP(C)(C)=O.